The smallest absolute Gasteiger partial charge is 0.261 e. The number of rotatable bonds is 6. The molecule has 1 aromatic heterocycles. The van der Waals surface area contributed by atoms with Crippen molar-refractivity contribution in [2.45, 2.75) is 24.7 Å². The number of benzene rings is 2. The van der Waals surface area contributed by atoms with Crippen LogP contribution in [-0.2, 0) is 22.9 Å². The molecule has 1 heterocycles. The fourth-order valence-corrected chi connectivity index (χ4v) is 3.61. The van der Waals surface area contributed by atoms with Crippen molar-refractivity contribution in [3.05, 3.63) is 89.7 Å². The molecule has 3 rings (SSSR count). The molecule has 0 bridgehead atoms. The summed E-state index contributed by atoms with van der Waals surface area (Å²) < 4.78 is 27.6. The second-order valence-corrected chi connectivity index (χ2v) is 7.66. The van der Waals surface area contributed by atoms with Gasteiger partial charge in [-0.05, 0) is 67.3 Å². The summed E-state index contributed by atoms with van der Waals surface area (Å²) >= 11 is 0. The van der Waals surface area contributed by atoms with Gasteiger partial charge in [0.15, 0.2) is 0 Å². The third-order valence-electron chi connectivity index (χ3n) is 3.96. The summed E-state index contributed by atoms with van der Waals surface area (Å²) in [6.07, 6.45) is 5.28. The molecule has 0 spiro atoms. The van der Waals surface area contributed by atoms with Gasteiger partial charge in [-0.3, -0.25) is 9.71 Å². The Kier molecular flexibility index (Phi) is 5.14. The zero-order valence-electron chi connectivity index (χ0n) is 14.0. The van der Waals surface area contributed by atoms with E-state index in [1.54, 1.807) is 42.7 Å². The molecule has 0 saturated carbocycles. The molecule has 0 aliphatic rings. The Hall–Kier alpha value is -2.66. The van der Waals surface area contributed by atoms with E-state index < -0.39 is 10.0 Å². The summed E-state index contributed by atoms with van der Waals surface area (Å²) in [5.41, 5.74) is 3.89. The number of hydrogen-bond acceptors (Lipinski definition) is 3. The van der Waals surface area contributed by atoms with Crippen molar-refractivity contribution in [1.29, 1.82) is 0 Å². The number of hydrogen-bond donors (Lipinski definition) is 1. The van der Waals surface area contributed by atoms with E-state index in [1.807, 2.05) is 37.3 Å². The number of anilines is 1. The molecule has 0 radical (unpaired) electrons. The molecule has 128 valence electrons. The van der Waals surface area contributed by atoms with Crippen LogP contribution in [0, 0.1) is 6.92 Å². The third-order valence-corrected chi connectivity index (χ3v) is 5.36. The van der Waals surface area contributed by atoms with E-state index in [9.17, 15) is 8.42 Å². The standard InChI is InChI=1S/C20H20N2O2S/c1-16-5-9-20(10-6-16)25(23,24)22-19-4-2-3-18(15-19)8-7-17-11-13-21-14-12-17/h2-6,9-15,22H,7-8H2,1H3. The predicted molar refractivity (Wildman–Crippen MR) is 100 cm³/mol. The zero-order chi connectivity index (χ0) is 17.7. The molecule has 2 aromatic carbocycles. The Labute approximate surface area is 148 Å². The van der Waals surface area contributed by atoms with Crippen LogP contribution in [0.5, 0.6) is 0 Å². The molecular formula is C20H20N2O2S. The zero-order valence-corrected chi connectivity index (χ0v) is 14.8. The highest BCUT2D eigenvalue weighted by Crippen LogP contribution is 2.18. The van der Waals surface area contributed by atoms with Crippen molar-refractivity contribution in [3.63, 3.8) is 0 Å². The van der Waals surface area contributed by atoms with Gasteiger partial charge < -0.3 is 0 Å². The van der Waals surface area contributed by atoms with E-state index in [0.29, 0.717) is 5.69 Å². The molecule has 0 aliphatic carbocycles. The van der Waals surface area contributed by atoms with Gasteiger partial charge in [-0.1, -0.05) is 29.8 Å². The lowest BCUT2D eigenvalue weighted by molar-refractivity contribution is 0.601. The van der Waals surface area contributed by atoms with Gasteiger partial charge in [0.25, 0.3) is 10.0 Å². The summed E-state index contributed by atoms with van der Waals surface area (Å²) in [6, 6.07) is 18.3. The Bertz CT molecular complexity index is 937. The fraction of sp³-hybridized carbons (Fsp3) is 0.150. The van der Waals surface area contributed by atoms with Crippen LogP contribution in [0.1, 0.15) is 16.7 Å². The summed E-state index contributed by atoms with van der Waals surface area (Å²) in [5, 5.41) is 0. The van der Waals surface area contributed by atoms with Gasteiger partial charge >= 0.3 is 0 Å². The minimum atomic E-state index is -3.57. The number of aryl methyl sites for hydroxylation is 3. The number of pyridine rings is 1. The average molecular weight is 352 g/mol. The first-order valence-electron chi connectivity index (χ1n) is 8.10. The summed E-state index contributed by atoms with van der Waals surface area (Å²) in [7, 11) is -3.57. The molecule has 3 aromatic rings. The fourth-order valence-electron chi connectivity index (χ4n) is 2.56. The molecule has 0 fully saturated rings. The maximum Gasteiger partial charge on any atom is 0.261 e. The lowest BCUT2D eigenvalue weighted by Gasteiger charge is -2.10. The van der Waals surface area contributed by atoms with E-state index in [4.69, 9.17) is 0 Å². The van der Waals surface area contributed by atoms with Crippen molar-refractivity contribution >= 4 is 15.7 Å². The average Bonchev–Trinajstić information content (AvgIpc) is 2.61. The minimum absolute atomic E-state index is 0.264. The summed E-state index contributed by atoms with van der Waals surface area (Å²) in [4.78, 5) is 4.28. The Balaban J connectivity index is 1.72. The van der Waals surface area contributed by atoms with Gasteiger partial charge in [0, 0.05) is 18.1 Å². The lowest BCUT2D eigenvalue weighted by Crippen LogP contribution is -2.13. The Morgan fingerprint density at radius 3 is 2.28 bits per heavy atom. The van der Waals surface area contributed by atoms with Crippen molar-refractivity contribution in [1.82, 2.24) is 4.98 Å². The monoisotopic (exact) mass is 352 g/mol. The van der Waals surface area contributed by atoms with Crippen LogP contribution in [0.15, 0.2) is 78.0 Å². The van der Waals surface area contributed by atoms with Crippen LogP contribution in [0.4, 0.5) is 5.69 Å². The van der Waals surface area contributed by atoms with Gasteiger partial charge in [-0.15, -0.1) is 0 Å². The predicted octanol–water partition coefficient (Wildman–Crippen LogP) is 3.98. The van der Waals surface area contributed by atoms with Crippen LogP contribution in [0.2, 0.25) is 0 Å². The minimum Gasteiger partial charge on any atom is -0.280 e. The highest BCUT2D eigenvalue weighted by molar-refractivity contribution is 7.92. The molecule has 0 amide bonds. The number of aromatic nitrogens is 1. The molecule has 1 N–H and O–H groups in total. The van der Waals surface area contributed by atoms with Crippen LogP contribution in [0.3, 0.4) is 0 Å². The SMILES string of the molecule is Cc1ccc(S(=O)(=O)Nc2cccc(CCc3ccncc3)c2)cc1. The molecule has 0 aliphatic heterocycles. The summed E-state index contributed by atoms with van der Waals surface area (Å²) in [6.45, 7) is 1.93. The summed E-state index contributed by atoms with van der Waals surface area (Å²) in [5.74, 6) is 0. The quantitative estimate of drug-likeness (QED) is 0.730. The molecule has 25 heavy (non-hydrogen) atoms. The van der Waals surface area contributed by atoms with Crippen LogP contribution in [0.25, 0.3) is 0 Å². The number of nitrogens with zero attached hydrogens (tertiary/aromatic N) is 1. The molecule has 0 unspecified atom stereocenters. The van der Waals surface area contributed by atoms with Crippen LogP contribution >= 0.6 is 0 Å². The van der Waals surface area contributed by atoms with Gasteiger partial charge in [0.05, 0.1) is 4.90 Å². The van der Waals surface area contributed by atoms with Crippen molar-refractivity contribution in [2.75, 3.05) is 4.72 Å². The molecule has 4 nitrogen and oxygen atoms in total. The van der Waals surface area contributed by atoms with Crippen LogP contribution in [-0.4, -0.2) is 13.4 Å². The van der Waals surface area contributed by atoms with Gasteiger partial charge in [-0.25, -0.2) is 8.42 Å². The second kappa shape index (κ2) is 7.49. The first-order valence-corrected chi connectivity index (χ1v) is 9.59. The second-order valence-electron chi connectivity index (χ2n) is 5.97. The molecular weight excluding hydrogens is 332 g/mol. The third kappa shape index (κ3) is 4.67. The van der Waals surface area contributed by atoms with Gasteiger partial charge in [0.1, 0.15) is 0 Å². The maximum absolute atomic E-state index is 12.5. The van der Waals surface area contributed by atoms with E-state index in [0.717, 1.165) is 24.0 Å². The van der Waals surface area contributed by atoms with E-state index in [-0.39, 0.29) is 4.90 Å². The van der Waals surface area contributed by atoms with Crippen molar-refractivity contribution in [3.8, 4) is 0 Å². The van der Waals surface area contributed by atoms with Gasteiger partial charge in [0.2, 0.25) is 0 Å². The number of nitrogens with one attached hydrogen (secondary N) is 1. The topological polar surface area (TPSA) is 59.1 Å². The largest absolute Gasteiger partial charge is 0.280 e. The Morgan fingerprint density at radius 1 is 0.880 bits per heavy atom. The first kappa shape index (κ1) is 17.2. The van der Waals surface area contributed by atoms with Crippen LogP contribution < -0.4 is 4.72 Å². The number of sulfonamides is 1. The first-order chi connectivity index (χ1) is 12.0. The highest BCUT2D eigenvalue weighted by atomic mass is 32.2. The van der Waals surface area contributed by atoms with Crippen molar-refractivity contribution in [2.24, 2.45) is 0 Å². The van der Waals surface area contributed by atoms with Gasteiger partial charge in [-0.2, -0.15) is 0 Å². The Morgan fingerprint density at radius 2 is 1.56 bits per heavy atom. The van der Waals surface area contributed by atoms with E-state index in [2.05, 4.69) is 9.71 Å². The van der Waals surface area contributed by atoms with Crippen molar-refractivity contribution < 1.29 is 8.42 Å². The normalized spacial score (nSPS) is 11.2. The van der Waals surface area contributed by atoms with E-state index >= 15 is 0 Å². The highest BCUT2D eigenvalue weighted by Gasteiger charge is 2.13. The molecule has 0 atom stereocenters. The molecule has 0 saturated heterocycles. The van der Waals surface area contributed by atoms with E-state index in [1.165, 1.54) is 5.56 Å². The lowest BCUT2D eigenvalue weighted by atomic mass is 10.1. The maximum atomic E-state index is 12.5. The molecule has 5 heteroatoms.